The van der Waals surface area contributed by atoms with Crippen LogP contribution in [0.5, 0.6) is 0 Å². The summed E-state index contributed by atoms with van der Waals surface area (Å²) in [7, 11) is 0. The van der Waals surface area contributed by atoms with E-state index in [1.54, 1.807) is 0 Å². The molecule has 0 saturated carbocycles. The summed E-state index contributed by atoms with van der Waals surface area (Å²) >= 11 is 6.60. The molecular formula is C22H33ClN4O. The van der Waals surface area contributed by atoms with E-state index < -0.39 is 0 Å². The van der Waals surface area contributed by atoms with Gasteiger partial charge in [0, 0.05) is 25.2 Å². The zero-order valence-electron chi connectivity index (χ0n) is 17.4. The van der Waals surface area contributed by atoms with Gasteiger partial charge >= 0.3 is 0 Å². The number of imidazole rings is 1. The molecule has 1 aromatic carbocycles. The normalized spacial score (nSPS) is 11.2. The van der Waals surface area contributed by atoms with Crippen molar-refractivity contribution >= 4 is 17.5 Å². The Morgan fingerprint density at radius 1 is 1.14 bits per heavy atom. The third-order valence-electron chi connectivity index (χ3n) is 4.73. The summed E-state index contributed by atoms with van der Waals surface area (Å²) in [5.74, 6) is 0.958. The van der Waals surface area contributed by atoms with Gasteiger partial charge < -0.3 is 9.88 Å². The third kappa shape index (κ3) is 6.35. The molecule has 1 amide bonds. The van der Waals surface area contributed by atoms with E-state index in [-0.39, 0.29) is 5.91 Å². The predicted molar refractivity (Wildman–Crippen MR) is 116 cm³/mol. The summed E-state index contributed by atoms with van der Waals surface area (Å²) in [6.45, 7) is 9.68. The van der Waals surface area contributed by atoms with E-state index in [2.05, 4.69) is 45.7 Å². The minimum absolute atomic E-state index is 0.0534. The molecule has 0 fully saturated rings. The number of hydrogen-bond acceptors (Lipinski definition) is 3. The highest BCUT2D eigenvalue weighted by molar-refractivity contribution is 6.30. The van der Waals surface area contributed by atoms with E-state index in [0.29, 0.717) is 24.8 Å². The Hall–Kier alpha value is -1.85. The first-order valence-electron chi connectivity index (χ1n) is 10.4. The summed E-state index contributed by atoms with van der Waals surface area (Å²) in [5, 5.41) is 3.43. The molecule has 0 radical (unpaired) electrons. The number of carbonyl (C=O) groups excluding carboxylic acids is 1. The number of benzene rings is 1. The van der Waals surface area contributed by atoms with Crippen molar-refractivity contribution in [3.63, 3.8) is 0 Å². The van der Waals surface area contributed by atoms with Crippen LogP contribution >= 0.6 is 11.6 Å². The van der Waals surface area contributed by atoms with Crippen LogP contribution in [0.15, 0.2) is 30.3 Å². The van der Waals surface area contributed by atoms with E-state index in [0.717, 1.165) is 55.9 Å². The zero-order chi connectivity index (χ0) is 20.4. The molecule has 0 unspecified atom stereocenters. The van der Waals surface area contributed by atoms with Crippen molar-refractivity contribution < 1.29 is 4.79 Å². The second-order valence-electron chi connectivity index (χ2n) is 7.06. The Bertz CT molecular complexity index is 730. The third-order valence-corrected chi connectivity index (χ3v) is 5.04. The highest BCUT2D eigenvalue weighted by atomic mass is 35.5. The molecule has 0 atom stereocenters. The molecule has 154 valence electrons. The highest BCUT2D eigenvalue weighted by Crippen LogP contribution is 2.27. The Morgan fingerprint density at radius 2 is 1.86 bits per heavy atom. The first kappa shape index (κ1) is 22.4. The van der Waals surface area contributed by atoms with Crippen LogP contribution in [-0.4, -0.2) is 40.0 Å². The Morgan fingerprint density at radius 3 is 2.50 bits per heavy atom. The molecule has 0 saturated heterocycles. The van der Waals surface area contributed by atoms with Crippen LogP contribution < -0.4 is 5.32 Å². The highest BCUT2D eigenvalue weighted by Gasteiger charge is 2.20. The molecule has 2 aromatic rings. The van der Waals surface area contributed by atoms with Crippen LogP contribution in [0, 0.1) is 0 Å². The van der Waals surface area contributed by atoms with Gasteiger partial charge in [0.05, 0.1) is 12.2 Å². The fraction of sp³-hybridized carbons (Fsp3) is 0.545. The molecular weight excluding hydrogens is 372 g/mol. The number of aromatic nitrogens is 2. The lowest BCUT2D eigenvalue weighted by Gasteiger charge is -2.23. The van der Waals surface area contributed by atoms with Crippen LogP contribution in [0.3, 0.4) is 0 Å². The molecule has 0 aliphatic rings. The number of rotatable bonds is 12. The lowest BCUT2D eigenvalue weighted by molar-refractivity contribution is -0.122. The minimum atomic E-state index is 0.0534. The largest absolute Gasteiger partial charge is 0.355 e. The van der Waals surface area contributed by atoms with Crippen LogP contribution in [0.4, 0.5) is 0 Å². The van der Waals surface area contributed by atoms with E-state index in [1.165, 1.54) is 0 Å². The van der Waals surface area contributed by atoms with Gasteiger partial charge in [-0.3, -0.25) is 9.69 Å². The van der Waals surface area contributed by atoms with Crippen molar-refractivity contribution in [1.82, 2.24) is 19.8 Å². The van der Waals surface area contributed by atoms with Gasteiger partial charge in [-0.25, -0.2) is 4.98 Å². The number of nitrogens with one attached hydrogen (secondary N) is 1. The van der Waals surface area contributed by atoms with Gasteiger partial charge in [-0.05, 0) is 26.3 Å². The van der Waals surface area contributed by atoms with E-state index in [1.807, 2.05) is 25.1 Å². The number of amides is 1. The molecule has 1 heterocycles. The number of nitrogens with zero attached hydrogens (tertiary/aromatic N) is 3. The van der Waals surface area contributed by atoms with Gasteiger partial charge in [0.1, 0.15) is 5.82 Å². The molecule has 0 bridgehead atoms. The second kappa shape index (κ2) is 11.9. The summed E-state index contributed by atoms with van der Waals surface area (Å²) in [6.07, 6.45) is 4.29. The summed E-state index contributed by atoms with van der Waals surface area (Å²) in [4.78, 5) is 19.0. The molecule has 28 heavy (non-hydrogen) atoms. The zero-order valence-corrected chi connectivity index (χ0v) is 18.1. The fourth-order valence-corrected chi connectivity index (χ4v) is 3.48. The van der Waals surface area contributed by atoms with Crippen molar-refractivity contribution in [3.8, 4) is 11.4 Å². The molecule has 2 rings (SSSR count). The van der Waals surface area contributed by atoms with Crippen molar-refractivity contribution in [1.29, 1.82) is 0 Å². The molecule has 6 heteroatoms. The smallest absolute Gasteiger partial charge is 0.234 e. The number of hydrogen-bond donors (Lipinski definition) is 1. The maximum absolute atomic E-state index is 12.2. The maximum Gasteiger partial charge on any atom is 0.234 e. The quantitative estimate of drug-likeness (QED) is 0.555. The first-order chi connectivity index (χ1) is 13.6. The standard InChI is InChI=1S/C22H33ClN4O/c1-4-7-14-26(17-20(28)24-6-3)16-19-21(23)25-22(27(19)15-8-5-2)18-12-10-9-11-13-18/h9-13H,4-8,14-17H2,1-3H3,(H,24,28). The average molecular weight is 405 g/mol. The Labute approximate surface area is 174 Å². The Balaban J connectivity index is 2.32. The van der Waals surface area contributed by atoms with Crippen LogP contribution in [0.25, 0.3) is 11.4 Å². The van der Waals surface area contributed by atoms with Crippen molar-refractivity contribution in [3.05, 3.63) is 41.2 Å². The van der Waals surface area contributed by atoms with Gasteiger partial charge in [-0.15, -0.1) is 0 Å². The van der Waals surface area contributed by atoms with E-state index in [4.69, 9.17) is 11.6 Å². The minimum Gasteiger partial charge on any atom is -0.355 e. The molecule has 1 N–H and O–H groups in total. The summed E-state index contributed by atoms with van der Waals surface area (Å²) in [5.41, 5.74) is 2.06. The van der Waals surface area contributed by atoms with Crippen LogP contribution in [0.1, 0.15) is 52.1 Å². The number of carbonyl (C=O) groups is 1. The molecule has 0 aliphatic carbocycles. The lowest BCUT2D eigenvalue weighted by atomic mass is 10.2. The summed E-state index contributed by atoms with van der Waals surface area (Å²) in [6, 6.07) is 10.2. The molecule has 0 aliphatic heterocycles. The SMILES string of the molecule is CCCCN(CC(=O)NCC)Cc1c(Cl)nc(-c2ccccc2)n1CCCC. The molecule has 1 aromatic heterocycles. The van der Waals surface area contributed by atoms with Crippen LogP contribution in [0.2, 0.25) is 5.15 Å². The van der Waals surface area contributed by atoms with Crippen LogP contribution in [-0.2, 0) is 17.9 Å². The topological polar surface area (TPSA) is 50.2 Å². The summed E-state index contributed by atoms with van der Waals surface area (Å²) < 4.78 is 2.23. The lowest BCUT2D eigenvalue weighted by Crippen LogP contribution is -2.37. The van der Waals surface area contributed by atoms with Gasteiger partial charge in [0.15, 0.2) is 5.15 Å². The van der Waals surface area contributed by atoms with E-state index >= 15 is 0 Å². The van der Waals surface area contributed by atoms with Gasteiger partial charge in [-0.2, -0.15) is 0 Å². The predicted octanol–water partition coefficient (Wildman–Crippen LogP) is 4.74. The number of likely N-dealkylation sites (N-methyl/N-ethyl adjacent to an activating group) is 1. The van der Waals surface area contributed by atoms with Gasteiger partial charge in [-0.1, -0.05) is 68.6 Å². The average Bonchev–Trinajstić information content (AvgIpc) is 3.00. The molecule has 0 spiro atoms. The first-order valence-corrected chi connectivity index (χ1v) is 10.8. The van der Waals surface area contributed by atoms with Gasteiger partial charge in [0.2, 0.25) is 5.91 Å². The Kier molecular flexibility index (Phi) is 9.51. The van der Waals surface area contributed by atoms with Crippen molar-refractivity contribution in [2.45, 2.75) is 59.5 Å². The van der Waals surface area contributed by atoms with E-state index in [9.17, 15) is 4.79 Å². The number of unbranched alkanes of at least 4 members (excludes halogenated alkanes) is 2. The molecule has 5 nitrogen and oxygen atoms in total. The monoisotopic (exact) mass is 404 g/mol. The fourth-order valence-electron chi connectivity index (χ4n) is 3.24. The van der Waals surface area contributed by atoms with Crippen molar-refractivity contribution in [2.24, 2.45) is 0 Å². The van der Waals surface area contributed by atoms with Crippen molar-refractivity contribution in [2.75, 3.05) is 19.6 Å². The maximum atomic E-state index is 12.2. The number of halogens is 1. The second-order valence-corrected chi connectivity index (χ2v) is 7.42. The van der Waals surface area contributed by atoms with Gasteiger partial charge in [0.25, 0.3) is 0 Å².